The van der Waals surface area contributed by atoms with E-state index in [0.29, 0.717) is 28.1 Å². The summed E-state index contributed by atoms with van der Waals surface area (Å²) in [6, 6.07) is 13.1. The van der Waals surface area contributed by atoms with E-state index in [2.05, 4.69) is 10.3 Å². The van der Waals surface area contributed by atoms with Gasteiger partial charge in [0.25, 0.3) is 5.69 Å². The number of imidazole rings is 1. The number of nitrogens with zero attached hydrogens (tertiary/aromatic N) is 3. The summed E-state index contributed by atoms with van der Waals surface area (Å²) in [5.41, 5.74) is 1.86. The van der Waals surface area contributed by atoms with E-state index >= 15 is 0 Å². The monoisotopic (exact) mass is 432 g/mol. The largest absolute Gasteiger partial charge is 0.390 e. The Bertz CT molecular complexity index is 1020. The number of aliphatic hydroxyl groups excluding tert-OH is 1. The Morgan fingerprint density at radius 2 is 2.03 bits per heavy atom. The highest BCUT2D eigenvalue weighted by Gasteiger charge is 2.14. The van der Waals surface area contributed by atoms with Crippen LogP contribution in [0.5, 0.6) is 0 Å². The van der Waals surface area contributed by atoms with Crippen molar-refractivity contribution in [3.05, 3.63) is 81.1 Å². The second kappa shape index (κ2) is 9.55. The topological polar surface area (TPSA) is 110 Å². The zero-order valence-electron chi connectivity index (χ0n) is 15.1. The molecule has 3 aromatic rings. The van der Waals surface area contributed by atoms with Crippen LogP contribution in [-0.2, 0) is 17.9 Å². The van der Waals surface area contributed by atoms with E-state index in [0.717, 1.165) is 5.56 Å². The lowest BCUT2D eigenvalue weighted by molar-refractivity contribution is -0.384. The number of thioether (sulfide) groups is 1. The van der Waals surface area contributed by atoms with Crippen molar-refractivity contribution in [3.8, 4) is 0 Å². The predicted molar refractivity (Wildman–Crippen MR) is 111 cm³/mol. The maximum atomic E-state index is 12.2. The van der Waals surface area contributed by atoms with Gasteiger partial charge in [0.15, 0.2) is 5.16 Å². The van der Waals surface area contributed by atoms with Gasteiger partial charge in [-0.3, -0.25) is 14.9 Å². The standard InChI is InChI=1S/C19H17ClN4O4S/c20-14-6-4-13(5-7-14)10-23-17(11-25)9-21-19(23)29-12-18(26)22-15-2-1-3-16(8-15)24(27)28/h1-9,25H,10-12H2,(H,22,26). The number of nitrogens with one attached hydrogen (secondary N) is 1. The van der Waals surface area contributed by atoms with Crippen LogP contribution in [0.1, 0.15) is 11.3 Å². The SMILES string of the molecule is O=C(CSc1ncc(CO)n1Cc1ccc(Cl)cc1)Nc1cccc([N+](=O)[O-])c1. The molecule has 0 spiro atoms. The first-order valence-corrected chi connectivity index (χ1v) is 9.89. The fourth-order valence-corrected chi connectivity index (χ4v) is 3.52. The summed E-state index contributed by atoms with van der Waals surface area (Å²) >= 11 is 7.13. The minimum absolute atomic E-state index is 0.0607. The number of carbonyl (C=O) groups is 1. The van der Waals surface area contributed by atoms with Crippen LogP contribution in [0.25, 0.3) is 0 Å². The van der Waals surface area contributed by atoms with E-state index in [1.54, 1.807) is 24.4 Å². The first-order valence-electron chi connectivity index (χ1n) is 8.53. The summed E-state index contributed by atoms with van der Waals surface area (Å²) in [5, 5.41) is 24.3. The second-order valence-electron chi connectivity index (χ2n) is 6.05. The van der Waals surface area contributed by atoms with Crippen molar-refractivity contribution >= 4 is 40.6 Å². The molecule has 8 nitrogen and oxygen atoms in total. The number of carbonyl (C=O) groups excluding carboxylic acids is 1. The van der Waals surface area contributed by atoms with Crippen molar-refractivity contribution in [1.29, 1.82) is 0 Å². The van der Waals surface area contributed by atoms with Crippen LogP contribution in [0.2, 0.25) is 5.02 Å². The third-order valence-electron chi connectivity index (χ3n) is 3.99. The number of benzene rings is 2. The molecule has 10 heteroatoms. The number of aromatic nitrogens is 2. The predicted octanol–water partition coefficient (Wildman–Crippen LogP) is 3.72. The number of anilines is 1. The van der Waals surface area contributed by atoms with Gasteiger partial charge in [-0.25, -0.2) is 4.98 Å². The van der Waals surface area contributed by atoms with Gasteiger partial charge in [-0.15, -0.1) is 0 Å². The van der Waals surface area contributed by atoms with Crippen molar-refractivity contribution < 1.29 is 14.8 Å². The van der Waals surface area contributed by atoms with Crippen LogP contribution < -0.4 is 5.32 Å². The summed E-state index contributed by atoms with van der Waals surface area (Å²) in [7, 11) is 0. The van der Waals surface area contributed by atoms with E-state index in [4.69, 9.17) is 11.6 Å². The molecule has 3 rings (SSSR count). The van der Waals surface area contributed by atoms with Gasteiger partial charge >= 0.3 is 0 Å². The van der Waals surface area contributed by atoms with Crippen molar-refractivity contribution in [2.24, 2.45) is 0 Å². The Kier molecular flexibility index (Phi) is 6.86. The lowest BCUT2D eigenvalue weighted by Gasteiger charge is -2.11. The molecule has 1 aromatic heterocycles. The molecule has 0 radical (unpaired) electrons. The van der Waals surface area contributed by atoms with E-state index < -0.39 is 4.92 Å². The summed E-state index contributed by atoms with van der Waals surface area (Å²) in [4.78, 5) is 26.9. The van der Waals surface area contributed by atoms with Gasteiger partial charge in [0, 0.05) is 29.4 Å². The molecule has 29 heavy (non-hydrogen) atoms. The molecule has 0 aliphatic carbocycles. The van der Waals surface area contributed by atoms with E-state index in [9.17, 15) is 20.0 Å². The molecule has 0 atom stereocenters. The van der Waals surface area contributed by atoms with Gasteiger partial charge in [-0.2, -0.15) is 0 Å². The Labute approximate surface area is 175 Å². The van der Waals surface area contributed by atoms with Crippen LogP contribution in [0.3, 0.4) is 0 Å². The highest BCUT2D eigenvalue weighted by Crippen LogP contribution is 2.22. The normalized spacial score (nSPS) is 10.7. The number of halogens is 1. The first kappa shape index (κ1) is 20.8. The maximum Gasteiger partial charge on any atom is 0.271 e. The Balaban J connectivity index is 1.66. The zero-order chi connectivity index (χ0) is 20.8. The Morgan fingerprint density at radius 1 is 1.28 bits per heavy atom. The van der Waals surface area contributed by atoms with E-state index in [1.807, 2.05) is 16.7 Å². The molecular formula is C19H17ClN4O4S. The van der Waals surface area contributed by atoms with Gasteiger partial charge in [0.2, 0.25) is 5.91 Å². The molecular weight excluding hydrogens is 416 g/mol. The summed E-state index contributed by atoms with van der Waals surface area (Å²) in [5.74, 6) is -0.257. The number of nitro groups is 1. The lowest BCUT2D eigenvalue weighted by atomic mass is 10.2. The highest BCUT2D eigenvalue weighted by atomic mass is 35.5. The molecule has 0 saturated heterocycles. The fraction of sp³-hybridized carbons (Fsp3) is 0.158. The molecule has 150 valence electrons. The van der Waals surface area contributed by atoms with Gasteiger partial charge in [-0.05, 0) is 23.8 Å². The molecule has 2 N–H and O–H groups in total. The van der Waals surface area contributed by atoms with Crippen molar-refractivity contribution in [1.82, 2.24) is 9.55 Å². The Morgan fingerprint density at radius 3 is 2.72 bits per heavy atom. The third-order valence-corrected chi connectivity index (χ3v) is 5.23. The maximum absolute atomic E-state index is 12.2. The number of amides is 1. The van der Waals surface area contributed by atoms with Crippen LogP contribution in [0, 0.1) is 10.1 Å². The minimum Gasteiger partial charge on any atom is -0.390 e. The van der Waals surface area contributed by atoms with Gasteiger partial charge in [0.1, 0.15) is 0 Å². The van der Waals surface area contributed by atoms with E-state index in [-0.39, 0.29) is 24.0 Å². The molecule has 0 fully saturated rings. The number of hydrogen-bond acceptors (Lipinski definition) is 6. The number of non-ortho nitro benzene ring substituents is 1. The number of aliphatic hydroxyl groups is 1. The van der Waals surface area contributed by atoms with Gasteiger partial charge in [-0.1, -0.05) is 41.6 Å². The average molecular weight is 433 g/mol. The van der Waals surface area contributed by atoms with Crippen molar-refractivity contribution in [2.45, 2.75) is 18.3 Å². The quantitative estimate of drug-likeness (QED) is 0.319. The second-order valence-corrected chi connectivity index (χ2v) is 7.43. The smallest absolute Gasteiger partial charge is 0.271 e. The molecule has 0 saturated carbocycles. The number of hydrogen-bond donors (Lipinski definition) is 2. The summed E-state index contributed by atoms with van der Waals surface area (Å²) in [6.07, 6.45) is 1.57. The molecule has 0 unspecified atom stereocenters. The van der Waals surface area contributed by atoms with Crippen molar-refractivity contribution in [3.63, 3.8) is 0 Å². The third kappa shape index (κ3) is 5.57. The van der Waals surface area contributed by atoms with E-state index in [1.165, 1.54) is 30.0 Å². The minimum atomic E-state index is -0.519. The van der Waals surface area contributed by atoms with Crippen LogP contribution in [-0.4, -0.2) is 31.2 Å². The molecule has 1 heterocycles. The van der Waals surface area contributed by atoms with Crippen LogP contribution in [0.4, 0.5) is 11.4 Å². The molecule has 0 bridgehead atoms. The molecule has 2 aromatic carbocycles. The summed E-state index contributed by atoms with van der Waals surface area (Å²) in [6.45, 7) is 0.295. The molecule has 0 aliphatic heterocycles. The number of nitro benzene ring substituents is 1. The fourth-order valence-electron chi connectivity index (χ4n) is 2.60. The molecule has 0 aliphatic rings. The summed E-state index contributed by atoms with van der Waals surface area (Å²) < 4.78 is 1.83. The highest BCUT2D eigenvalue weighted by molar-refractivity contribution is 7.99. The van der Waals surface area contributed by atoms with Crippen LogP contribution >= 0.6 is 23.4 Å². The van der Waals surface area contributed by atoms with Gasteiger partial charge in [0.05, 0.1) is 29.2 Å². The van der Waals surface area contributed by atoms with Crippen LogP contribution in [0.15, 0.2) is 59.9 Å². The zero-order valence-corrected chi connectivity index (χ0v) is 16.7. The number of rotatable bonds is 8. The lowest BCUT2D eigenvalue weighted by Crippen LogP contribution is -2.15. The Hall–Kier alpha value is -2.88. The van der Waals surface area contributed by atoms with Crippen molar-refractivity contribution in [2.75, 3.05) is 11.1 Å². The first-order chi connectivity index (χ1) is 14.0. The van der Waals surface area contributed by atoms with Gasteiger partial charge < -0.3 is 15.0 Å². The average Bonchev–Trinajstić information content (AvgIpc) is 3.10. The molecule has 1 amide bonds.